The van der Waals surface area contributed by atoms with Crippen molar-refractivity contribution in [2.45, 2.75) is 26.8 Å². The molecule has 120 valence electrons. The van der Waals surface area contributed by atoms with E-state index in [0.717, 1.165) is 10.7 Å². The fourth-order valence-electron chi connectivity index (χ4n) is 2.30. The highest BCUT2D eigenvalue weighted by molar-refractivity contribution is 7.15. The summed E-state index contributed by atoms with van der Waals surface area (Å²) in [5, 5.41) is 12.0. The van der Waals surface area contributed by atoms with Crippen molar-refractivity contribution >= 4 is 28.3 Å². The lowest BCUT2D eigenvalue weighted by Crippen LogP contribution is -2.32. The largest absolute Gasteiger partial charge is 0.350 e. The first-order chi connectivity index (χ1) is 11.0. The van der Waals surface area contributed by atoms with Crippen molar-refractivity contribution in [1.29, 1.82) is 0 Å². The van der Waals surface area contributed by atoms with E-state index in [4.69, 9.17) is 0 Å². The molecule has 0 radical (unpaired) electrons. The zero-order chi connectivity index (χ0) is 16.4. The van der Waals surface area contributed by atoms with Gasteiger partial charge in [0.25, 0.3) is 0 Å². The predicted octanol–water partition coefficient (Wildman–Crippen LogP) is 0.614. The summed E-state index contributed by atoms with van der Waals surface area (Å²) in [5.41, 5.74) is 1.51. The van der Waals surface area contributed by atoms with Gasteiger partial charge in [0.2, 0.25) is 16.9 Å². The maximum absolute atomic E-state index is 12.2. The number of nitrogens with zero attached hydrogens (tertiary/aromatic N) is 5. The minimum absolute atomic E-state index is 0.101. The lowest BCUT2D eigenvalue weighted by molar-refractivity contribution is -0.126. The molecule has 0 spiro atoms. The van der Waals surface area contributed by atoms with E-state index >= 15 is 0 Å². The number of amides is 2. The molecule has 0 bridgehead atoms. The van der Waals surface area contributed by atoms with Gasteiger partial charge in [0.05, 0.1) is 30.0 Å². The van der Waals surface area contributed by atoms with Crippen molar-refractivity contribution in [3.05, 3.63) is 28.8 Å². The van der Waals surface area contributed by atoms with E-state index in [1.807, 2.05) is 13.8 Å². The summed E-state index contributed by atoms with van der Waals surface area (Å²) in [7, 11) is 0. The zero-order valence-corrected chi connectivity index (χ0v) is 13.6. The molecule has 2 aromatic heterocycles. The molecule has 1 aliphatic heterocycles. The molecule has 1 aliphatic rings. The molecule has 23 heavy (non-hydrogen) atoms. The van der Waals surface area contributed by atoms with Crippen molar-refractivity contribution in [1.82, 2.24) is 25.5 Å². The van der Waals surface area contributed by atoms with Gasteiger partial charge in [-0.15, -0.1) is 10.2 Å². The molecule has 8 nitrogen and oxygen atoms in total. The Morgan fingerprint density at radius 3 is 2.83 bits per heavy atom. The van der Waals surface area contributed by atoms with Gasteiger partial charge in [0, 0.05) is 19.2 Å². The number of anilines is 1. The summed E-state index contributed by atoms with van der Waals surface area (Å²) in [6.07, 6.45) is 3.47. The molecule has 0 aliphatic carbocycles. The van der Waals surface area contributed by atoms with Crippen LogP contribution in [0.5, 0.6) is 0 Å². The van der Waals surface area contributed by atoms with Crippen molar-refractivity contribution < 1.29 is 9.59 Å². The van der Waals surface area contributed by atoms with Crippen LogP contribution < -0.4 is 10.2 Å². The van der Waals surface area contributed by atoms with Gasteiger partial charge in [-0.3, -0.25) is 24.5 Å². The monoisotopic (exact) mass is 332 g/mol. The Hall–Kier alpha value is -2.42. The average molecular weight is 332 g/mol. The van der Waals surface area contributed by atoms with E-state index in [0.29, 0.717) is 23.9 Å². The summed E-state index contributed by atoms with van der Waals surface area (Å²) >= 11 is 1.35. The number of hydrogen-bond donors (Lipinski definition) is 1. The fourth-order valence-corrected chi connectivity index (χ4v) is 3.01. The first-order valence-electron chi connectivity index (χ1n) is 7.18. The van der Waals surface area contributed by atoms with Crippen LogP contribution >= 0.6 is 11.3 Å². The Kier molecular flexibility index (Phi) is 4.28. The topological polar surface area (TPSA) is 101 Å². The number of aryl methyl sites for hydroxylation is 2. The van der Waals surface area contributed by atoms with Crippen LogP contribution in [0.2, 0.25) is 0 Å². The third-order valence-electron chi connectivity index (χ3n) is 3.52. The summed E-state index contributed by atoms with van der Waals surface area (Å²) in [5.74, 6) is -0.647. The molecule has 1 N–H and O–H groups in total. The van der Waals surface area contributed by atoms with Crippen molar-refractivity contribution in [3.63, 3.8) is 0 Å². The molecular weight excluding hydrogens is 316 g/mol. The Balaban J connectivity index is 1.58. The second kappa shape index (κ2) is 6.37. The number of hydrogen-bond acceptors (Lipinski definition) is 7. The molecule has 3 heterocycles. The first-order valence-corrected chi connectivity index (χ1v) is 8.00. The highest BCUT2D eigenvalue weighted by Crippen LogP contribution is 2.27. The van der Waals surface area contributed by atoms with Crippen LogP contribution in [0.15, 0.2) is 12.4 Å². The molecule has 9 heteroatoms. The van der Waals surface area contributed by atoms with Gasteiger partial charge in [-0.1, -0.05) is 11.3 Å². The molecule has 2 aromatic rings. The third kappa shape index (κ3) is 3.50. The van der Waals surface area contributed by atoms with Crippen LogP contribution in [0.4, 0.5) is 5.13 Å². The average Bonchev–Trinajstić information content (AvgIpc) is 3.12. The van der Waals surface area contributed by atoms with E-state index in [9.17, 15) is 9.59 Å². The Morgan fingerprint density at radius 1 is 1.35 bits per heavy atom. The number of carbonyl (C=O) groups excluding carboxylic acids is 2. The highest BCUT2D eigenvalue weighted by atomic mass is 32.1. The maximum atomic E-state index is 12.2. The van der Waals surface area contributed by atoms with Gasteiger partial charge in [-0.05, 0) is 13.8 Å². The van der Waals surface area contributed by atoms with Crippen molar-refractivity contribution in [2.75, 3.05) is 11.4 Å². The van der Waals surface area contributed by atoms with Gasteiger partial charge in [0.15, 0.2) is 0 Å². The summed E-state index contributed by atoms with van der Waals surface area (Å²) in [4.78, 5) is 34.2. The molecule has 3 rings (SSSR count). The smallest absolute Gasteiger partial charge is 0.229 e. The Labute approximate surface area is 137 Å². The molecule has 1 atom stereocenters. The van der Waals surface area contributed by atoms with Crippen LogP contribution in [0, 0.1) is 19.8 Å². The summed E-state index contributed by atoms with van der Waals surface area (Å²) < 4.78 is 0. The second-order valence-electron chi connectivity index (χ2n) is 5.38. The van der Waals surface area contributed by atoms with Gasteiger partial charge in [-0.2, -0.15) is 0 Å². The maximum Gasteiger partial charge on any atom is 0.229 e. The van der Waals surface area contributed by atoms with Gasteiger partial charge < -0.3 is 5.32 Å². The van der Waals surface area contributed by atoms with Gasteiger partial charge in [0.1, 0.15) is 5.01 Å². The van der Waals surface area contributed by atoms with Crippen molar-refractivity contribution in [2.24, 2.45) is 5.92 Å². The van der Waals surface area contributed by atoms with E-state index in [1.165, 1.54) is 16.2 Å². The normalized spacial score (nSPS) is 17.6. The molecule has 0 saturated carbocycles. The Bertz CT molecular complexity index is 729. The fraction of sp³-hybridized carbons (Fsp3) is 0.429. The van der Waals surface area contributed by atoms with E-state index in [2.05, 4.69) is 25.5 Å². The second-order valence-corrected chi connectivity index (χ2v) is 6.54. The van der Waals surface area contributed by atoms with Gasteiger partial charge >= 0.3 is 0 Å². The minimum atomic E-state index is -0.384. The van der Waals surface area contributed by atoms with Crippen LogP contribution in [0.25, 0.3) is 0 Å². The number of nitrogens with one attached hydrogen (secondary N) is 1. The minimum Gasteiger partial charge on any atom is -0.350 e. The standard InChI is InChI=1S/C14H16N6O2S/c1-8-4-16-11(5-15-8)6-17-13(22)10-3-12(21)20(7-10)14-19-18-9(2)23-14/h4-5,10H,3,6-7H2,1-2H3,(H,17,22). The molecule has 1 unspecified atom stereocenters. The molecule has 0 aromatic carbocycles. The lowest BCUT2D eigenvalue weighted by atomic mass is 10.1. The quantitative estimate of drug-likeness (QED) is 0.880. The summed E-state index contributed by atoms with van der Waals surface area (Å²) in [6.45, 7) is 4.31. The van der Waals surface area contributed by atoms with E-state index < -0.39 is 0 Å². The van der Waals surface area contributed by atoms with Crippen molar-refractivity contribution in [3.8, 4) is 0 Å². The van der Waals surface area contributed by atoms with Crippen LogP contribution in [0.3, 0.4) is 0 Å². The van der Waals surface area contributed by atoms with Crippen LogP contribution in [-0.2, 0) is 16.1 Å². The number of carbonyl (C=O) groups is 2. The predicted molar refractivity (Wildman–Crippen MR) is 83.7 cm³/mol. The van der Waals surface area contributed by atoms with Crippen LogP contribution in [-0.4, -0.2) is 38.5 Å². The molecule has 1 fully saturated rings. The van der Waals surface area contributed by atoms with Gasteiger partial charge in [-0.25, -0.2) is 0 Å². The lowest BCUT2D eigenvalue weighted by Gasteiger charge is -2.12. The first kappa shape index (κ1) is 15.5. The summed E-state index contributed by atoms with van der Waals surface area (Å²) in [6, 6.07) is 0. The highest BCUT2D eigenvalue weighted by Gasteiger charge is 2.36. The zero-order valence-electron chi connectivity index (χ0n) is 12.8. The molecule has 2 amide bonds. The molecular formula is C14H16N6O2S. The van der Waals surface area contributed by atoms with Crippen LogP contribution in [0.1, 0.15) is 22.8 Å². The number of aromatic nitrogens is 4. The molecule has 1 saturated heterocycles. The van der Waals surface area contributed by atoms with E-state index in [1.54, 1.807) is 12.4 Å². The SMILES string of the molecule is Cc1cnc(CNC(=O)C2CC(=O)N(c3nnc(C)s3)C2)cn1. The van der Waals surface area contributed by atoms with E-state index in [-0.39, 0.29) is 24.2 Å². The number of rotatable bonds is 4. The third-order valence-corrected chi connectivity index (χ3v) is 4.38. The Morgan fingerprint density at radius 2 is 2.17 bits per heavy atom.